The van der Waals surface area contributed by atoms with Crippen LogP contribution in [0.15, 0.2) is 47.4 Å². The molecule has 0 radical (unpaired) electrons. The maximum absolute atomic E-state index is 4.09. The molecule has 0 saturated heterocycles. The Morgan fingerprint density at radius 1 is 1.71 bits per heavy atom. The minimum Gasteiger partial charge on any atom is -0.130 e. The van der Waals surface area contributed by atoms with Crippen LogP contribution in [-0.2, 0) is 0 Å². The van der Waals surface area contributed by atoms with Gasteiger partial charge in [-0.1, -0.05) is 42.0 Å². The molecule has 0 nitrogen and oxygen atoms in total. The van der Waals surface area contributed by atoms with Gasteiger partial charge in [0.25, 0.3) is 0 Å². The lowest BCUT2D eigenvalue weighted by atomic mass is 9.97. The zero-order chi connectivity index (χ0) is 10.4. The molecule has 0 aromatic rings. The molecular formula is C13H18S. The number of thioether (sulfide) groups is 1. The summed E-state index contributed by atoms with van der Waals surface area (Å²) in [6.45, 7) is 8.28. The van der Waals surface area contributed by atoms with Crippen LogP contribution in [-0.4, -0.2) is 5.75 Å². The van der Waals surface area contributed by atoms with Crippen molar-refractivity contribution in [2.75, 3.05) is 5.75 Å². The number of hydrogen-bond acceptors (Lipinski definition) is 1. The Balaban J connectivity index is 2.44. The van der Waals surface area contributed by atoms with Gasteiger partial charge in [0.15, 0.2) is 0 Å². The van der Waals surface area contributed by atoms with Crippen molar-refractivity contribution in [2.24, 2.45) is 5.92 Å². The molecule has 0 saturated carbocycles. The highest BCUT2D eigenvalue weighted by molar-refractivity contribution is 8.02. The highest BCUT2D eigenvalue weighted by Gasteiger charge is 2.10. The third-order valence-corrected chi connectivity index (χ3v) is 3.31. The summed E-state index contributed by atoms with van der Waals surface area (Å²) in [5, 5.41) is 2.19. The van der Waals surface area contributed by atoms with Crippen LogP contribution in [0.2, 0.25) is 0 Å². The highest BCUT2D eigenvalue weighted by atomic mass is 32.2. The molecule has 1 heteroatoms. The Hall–Kier alpha value is -0.690. The van der Waals surface area contributed by atoms with Crippen LogP contribution in [0.4, 0.5) is 0 Å². The maximum Gasteiger partial charge on any atom is 0.0188 e. The quantitative estimate of drug-likeness (QED) is 0.489. The second-order valence-corrected chi connectivity index (χ2v) is 4.47. The predicted octanol–water partition coefficient (Wildman–Crippen LogP) is 4.33. The molecule has 0 aromatic heterocycles. The van der Waals surface area contributed by atoms with Crippen molar-refractivity contribution in [1.29, 1.82) is 0 Å². The fourth-order valence-corrected chi connectivity index (χ4v) is 2.12. The van der Waals surface area contributed by atoms with Gasteiger partial charge in [-0.15, -0.1) is 11.8 Å². The zero-order valence-corrected chi connectivity index (χ0v) is 9.81. The molecule has 0 N–H and O–H groups in total. The summed E-state index contributed by atoms with van der Waals surface area (Å²) < 4.78 is 0. The van der Waals surface area contributed by atoms with Crippen LogP contribution in [0.1, 0.15) is 20.3 Å². The van der Waals surface area contributed by atoms with E-state index >= 15 is 0 Å². The van der Waals surface area contributed by atoms with Crippen molar-refractivity contribution in [1.82, 2.24) is 0 Å². The summed E-state index contributed by atoms with van der Waals surface area (Å²) in [5.41, 5.74) is 2.67. The minimum absolute atomic E-state index is 0.553. The molecule has 1 aliphatic heterocycles. The molecular weight excluding hydrogens is 188 g/mol. The summed E-state index contributed by atoms with van der Waals surface area (Å²) in [6.07, 6.45) is 9.89. The van der Waals surface area contributed by atoms with Crippen molar-refractivity contribution in [3.05, 3.63) is 47.4 Å². The van der Waals surface area contributed by atoms with E-state index < -0.39 is 0 Å². The average molecular weight is 206 g/mol. The van der Waals surface area contributed by atoms with Gasteiger partial charge in [0.2, 0.25) is 0 Å². The lowest BCUT2D eigenvalue weighted by Crippen LogP contribution is -2.04. The molecule has 14 heavy (non-hydrogen) atoms. The summed E-state index contributed by atoms with van der Waals surface area (Å²) >= 11 is 1.84. The Morgan fingerprint density at radius 3 is 3.14 bits per heavy atom. The second-order valence-electron chi connectivity index (χ2n) is 3.58. The molecule has 1 atom stereocenters. The van der Waals surface area contributed by atoms with Crippen molar-refractivity contribution in [2.45, 2.75) is 20.3 Å². The van der Waals surface area contributed by atoms with E-state index in [2.05, 4.69) is 50.1 Å². The SMILES string of the molecule is C=C1CSC=CC1C/C=C/C(C)=C\C. The van der Waals surface area contributed by atoms with Crippen LogP contribution in [0.3, 0.4) is 0 Å². The second kappa shape index (κ2) is 5.92. The minimum atomic E-state index is 0.553. The van der Waals surface area contributed by atoms with Gasteiger partial charge in [0, 0.05) is 11.7 Å². The first kappa shape index (κ1) is 11.4. The fourth-order valence-electron chi connectivity index (χ4n) is 1.29. The zero-order valence-electron chi connectivity index (χ0n) is 8.99. The number of hydrogen-bond donors (Lipinski definition) is 0. The molecule has 0 aromatic carbocycles. The van der Waals surface area contributed by atoms with Gasteiger partial charge < -0.3 is 0 Å². The van der Waals surface area contributed by atoms with Gasteiger partial charge in [-0.25, -0.2) is 0 Å². The molecule has 76 valence electrons. The molecule has 1 unspecified atom stereocenters. The van der Waals surface area contributed by atoms with Gasteiger partial charge in [-0.2, -0.15) is 0 Å². The summed E-state index contributed by atoms with van der Waals surface area (Å²) in [7, 11) is 0. The van der Waals surface area contributed by atoms with Gasteiger partial charge in [0.05, 0.1) is 0 Å². The largest absolute Gasteiger partial charge is 0.130 e. The fraction of sp³-hybridized carbons (Fsp3) is 0.385. The predicted molar refractivity (Wildman–Crippen MR) is 67.4 cm³/mol. The first-order valence-electron chi connectivity index (χ1n) is 4.99. The summed E-state index contributed by atoms with van der Waals surface area (Å²) in [5.74, 6) is 1.63. The molecule has 0 spiro atoms. The van der Waals surface area contributed by atoms with E-state index in [0.29, 0.717) is 5.92 Å². The molecule has 1 aliphatic rings. The first-order valence-corrected chi connectivity index (χ1v) is 6.04. The van der Waals surface area contributed by atoms with Crippen LogP contribution in [0.25, 0.3) is 0 Å². The molecule has 0 amide bonds. The highest BCUT2D eigenvalue weighted by Crippen LogP contribution is 2.26. The van der Waals surface area contributed by atoms with E-state index in [1.54, 1.807) is 0 Å². The monoisotopic (exact) mass is 206 g/mol. The van der Waals surface area contributed by atoms with Crippen molar-refractivity contribution in [3.63, 3.8) is 0 Å². The molecule has 1 rings (SSSR count). The Kier molecular flexibility index (Phi) is 4.81. The molecule has 0 bridgehead atoms. The maximum atomic E-state index is 4.09. The van der Waals surface area contributed by atoms with Crippen LogP contribution in [0.5, 0.6) is 0 Å². The van der Waals surface area contributed by atoms with Crippen molar-refractivity contribution >= 4 is 11.8 Å². The standard InChI is InChI=1S/C13H18S/c1-4-11(2)6-5-7-13-8-9-14-10-12(13)3/h4-6,8-9,13H,3,7,10H2,1-2H3/b6-5+,11-4-. The first-order chi connectivity index (χ1) is 6.74. The smallest absolute Gasteiger partial charge is 0.0188 e. The number of rotatable bonds is 3. The molecule has 1 heterocycles. The lowest BCUT2D eigenvalue weighted by molar-refractivity contribution is 0.779. The van der Waals surface area contributed by atoms with E-state index in [4.69, 9.17) is 0 Å². The van der Waals surface area contributed by atoms with Crippen LogP contribution >= 0.6 is 11.8 Å². The molecule has 0 fully saturated rings. The van der Waals surface area contributed by atoms with E-state index in [-0.39, 0.29) is 0 Å². The van der Waals surface area contributed by atoms with Gasteiger partial charge in [-0.3, -0.25) is 0 Å². The Bertz CT molecular complexity index is 282. The summed E-state index contributed by atoms with van der Waals surface area (Å²) in [4.78, 5) is 0. The van der Waals surface area contributed by atoms with Crippen LogP contribution in [0, 0.1) is 5.92 Å². The van der Waals surface area contributed by atoms with Gasteiger partial charge in [-0.05, 0) is 25.7 Å². The van der Waals surface area contributed by atoms with E-state index in [9.17, 15) is 0 Å². The van der Waals surface area contributed by atoms with E-state index in [1.807, 2.05) is 11.8 Å². The Labute approximate surface area is 91.5 Å². The van der Waals surface area contributed by atoms with Crippen molar-refractivity contribution in [3.8, 4) is 0 Å². The molecule has 0 aliphatic carbocycles. The van der Waals surface area contributed by atoms with Gasteiger partial charge in [0.1, 0.15) is 0 Å². The third kappa shape index (κ3) is 3.59. The van der Waals surface area contributed by atoms with E-state index in [0.717, 1.165) is 12.2 Å². The number of allylic oxidation sites excluding steroid dienone is 5. The van der Waals surface area contributed by atoms with Crippen LogP contribution < -0.4 is 0 Å². The van der Waals surface area contributed by atoms with Gasteiger partial charge >= 0.3 is 0 Å². The normalized spacial score (nSPS) is 23.4. The third-order valence-electron chi connectivity index (χ3n) is 2.43. The Morgan fingerprint density at radius 2 is 2.50 bits per heavy atom. The van der Waals surface area contributed by atoms with E-state index in [1.165, 1.54) is 11.1 Å². The van der Waals surface area contributed by atoms with Crippen molar-refractivity contribution < 1.29 is 0 Å². The lowest BCUT2D eigenvalue weighted by Gasteiger charge is -2.17. The summed E-state index contributed by atoms with van der Waals surface area (Å²) in [6, 6.07) is 0. The topological polar surface area (TPSA) is 0 Å². The average Bonchev–Trinajstić information content (AvgIpc) is 2.20.